The lowest BCUT2D eigenvalue weighted by Gasteiger charge is -2.13. The lowest BCUT2D eigenvalue weighted by atomic mass is 10.2. The van der Waals surface area contributed by atoms with Crippen LogP contribution in [0.25, 0.3) is 5.76 Å². The number of esters is 1. The minimum absolute atomic E-state index is 0.364. The molecule has 2 aromatic carbocycles. The maximum atomic E-state index is 12.4. The van der Waals surface area contributed by atoms with Crippen molar-refractivity contribution in [2.24, 2.45) is 0 Å². The van der Waals surface area contributed by atoms with Crippen LogP contribution in [0.4, 0.5) is 0 Å². The van der Waals surface area contributed by atoms with Crippen LogP contribution < -0.4 is 4.74 Å². The topological polar surface area (TPSA) is 35.5 Å². The average molecular weight is 346 g/mol. The Morgan fingerprint density at radius 1 is 0.870 bits per heavy atom. The molecular formula is C18H18O3S2. The number of ether oxygens (including phenoxy) is 2. The molecular weight excluding hydrogens is 328 g/mol. The summed E-state index contributed by atoms with van der Waals surface area (Å²) in [6.07, 6.45) is 3.93. The molecule has 2 aromatic rings. The third-order valence-corrected chi connectivity index (χ3v) is 5.23. The number of methoxy groups -OCH3 is 1. The molecule has 5 heteroatoms. The lowest BCUT2D eigenvalue weighted by molar-refractivity contribution is 0.0692. The Bertz CT molecular complexity index is 673. The van der Waals surface area contributed by atoms with E-state index in [1.807, 2.05) is 55.0 Å². The Balaban J connectivity index is 2.35. The van der Waals surface area contributed by atoms with Crippen LogP contribution >= 0.6 is 23.5 Å². The first-order valence-electron chi connectivity index (χ1n) is 6.93. The summed E-state index contributed by atoms with van der Waals surface area (Å²) >= 11 is 3.11. The van der Waals surface area contributed by atoms with Crippen molar-refractivity contribution in [1.29, 1.82) is 0 Å². The van der Waals surface area contributed by atoms with E-state index in [9.17, 15) is 4.79 Å². The maximum absolute atomic E-state index is 12.4. The molecule has 0 N–H and O–H groups in total. The molecule has 0 radical (unpaired) electrons. The number of hydrogen-bond donors (Lipinski definition) is 0. The van der Waals surface area contributed by atoms with E-state index in [2.05, 4.69) is 0 Å². The van der Waals surface area contributed by atoms with E-state index in [0.717, 1.165) is 15.6 Å². The van der Waals surface area contributed by atoms with Crippen molar-refractivity contribution in [2.75, 3.05) is 19.6 Å². The van der Waals surface area contributed by atoms with Gasteiger partial charge in [-0.2, -0.15) is 0 Å². The van der Waals surface area contributed by atoms with Crippen molar-refractivity contribution >= 4 is 35.3 Å². The zero-order valence-electron chi connectivity index (χ0n) is 13.2. The number of carbonyl (C=O) groups excluding carboxylic acids is 1. The van der Waals surface area contributed by atoms with Crippen molar-refractivity contribution in [3.05, 3.63) is 70.0 Å². The van der Waals surface area contributed by atoms with Crippen molar-refractivity contribution in [3.63, 3.8) is 0 Å². The number of carbonyl (C=O) groups is 1. The predicted molar refractivity (Wildman–Crippen MR) is 98.8 cm³/mol. The monoisotopic (exact) mass is 346 g/mol. The first kappa shape index (κ1) is 17.5. The van der Waals surface area contributed by atoms with Gasteiger partial charge in [-0.15, -0.1) is 23.5 Å². The summed E-state index contributed by atoms with van der Waals surface area (Å²) < 4.78 is 11.8. The number of benzene rings is 2. The van der Waals surface area contributed by atoms with E-state index in [-0.39, 0.29) is 5.97 Å². The van der Waals surface area contributed by atoms with E-state index < -0.39 is 0 Å². The molecule has 2 rings (SSSR count). The molecule has 0 heterocycles. The Morgan fingerprint density at radius 3 is 2.00 bits per heavy atom. The molecule has 0 aliphatic carbocycles. The van der Waals surface area contributed by atoms with Gasteiger partial charge in [0.25, 0.3) is 0 Å². The summed E-state index contributed by atoms with van der Waals surface area (Å²) in [5.74, 6) is 0.968. The molecule has 23 heavy (non-hydrogen) atoms. The molecule has 0 saturated heterocycles. The molecule has 0 aliphatic rings. The third kappa shape index (κ3) is 4.56. The van der Waals surface area contributed by atoms with Crippen LogP contribution in [-0.2, 0) is 4.74 Å². The fourth-order valence-corrected chi connectivity index (χ4v) is 3.31. The minimum Gasteiger partial charge on any atom is -0.497 e. The van der Waals surface area contributed by atoms with E-state index in [1.54, 1.807) is 42.8 Å². The van der Waals surface area contributed by atoms with E-state index in [1.165, 1.54) is 0 Å². The summed E-state index contributed by atoms with van der Waals surface area (Å²) in [5.41, 5.74) is 1.37. The van der Waals surface area contributed by atoms with Gasteiger partial charge in [-0.1, -0.05) is 18.2 Å². The van der Waals surface area contributed by atoms with Crippen LogP contribution in [0.5, 0.6) is 5.75 Å². The molecule has 0 saturated carbocycles. The minimum atomic E-state index is -0.364. The highest BCUT2D eigenvalue weighted by molar-refractivity contribution is 8.21. The second kappa shape index (κ2) is 8.70. The van der Waals surface area contributed by atoms with Gasteiger partial charge < -0.3 is 9.47 Å². The van der Waals surface area contributed by atoms with Crippen LogP contribution in [0, 0.1) is 0 Å². The molecule has 3 nitrogen and oxygen atoms in total. The Labute approximate surface area is 145 Å². The molecule has 120 valence electrons. The van der Waals surface area contributed by atoms with Crippen LogP contribution in [0.15, 0.2) is 58.8 Å². The molecule has 0 aliphatic heterocycles. The van der Waals surface area contributed by atoms with Gasteiger partial charge in [0.05, 0.1) is 16.9 Å². The largest absolute Gasteiger partial charge is 0.497 e. The maximum Gasteiger partial charge on any atom is 0.343 e. The van der Waals surface area contributed by atoms with Gasteiger partial charge in [-0.3, -0.25) is 0 Å². The van der Waals surface area contributed by atoms with Gasteiger partial charge in [0.15, 0.2) is 5.76 Å². The molecule has 0 spiro atoms. The van der Waals surface area contributed by atoms with E-state index in [4.69, 9.17) is 9.47 Å². The molecule has 0 fully saturated rings. The van der Waals surface area contributed by atoms with Crippen LogP contribution in [0.1, 0.15) is 15.9 Å². The predicted octanol–water partition coefficient (Wildman–Crippen LogP) is 4.90. The SMILES string of the molecule is COc1ccc(C(OC(=O)c2ccccc2)=C(SC)SC)cc1. The molecule has 0 unspecified atom stereocenters. The molecule has 0 bridgehead atoms. The molecule has 0 atom stereocenters. The number of hydrogen-bond acceptors (Lipinski definition) is 5. The standard InChI is InChI=1S/C18H18O3S2/c1-20-15-11-9-13(10-12-15)16(18(22-2)23-3)21-17(19)14-7-5-4-6-8-14/h4-12H,1-3H3. The summed E-state index contributed by atoms with van der Waals surface area (Å²) in [7, 11) is 1.62. The summed E-state index contributed by atoms with van der Waals surface area (Å²) in [5, 5.41) is 0. The highest BCUT2D eigenvalue weighted by Crippen LogP contribution is 2.34. The quantitative estimate of drug-likeness (QED) is 0.549. The second-order valence-corrected chi connectivity index (χ2v) is 6.40. The molecule has 0 amide bonds. The molecule has 0 aromatic heterocycles. The smallest absolute Gasteiger partial charge is 0.343 e. The van der Waals surface area contributed by atoms with Gasteiger partial charge in [-0.25, -0.2) is 4.79 Å². The van der Waals surface area contributed by atoms with Crippen molar-refractivity contribution in [3.8, 4) is 5.75 Å². The van der Waals surface area contributed by atoms with Gasteiger partial charge in [0, 0.05) is 5.56 Å². The van der Waals surface area contributed by atoms with Crippen LogP contribution in [0.3, 0.4) is 0 Å². The first-order valence-corrected chi connectivity index (χ1v) is 9.38. The van der Waals surface area contributed by atoms with Gasteiger partial charge in [0.2, 0.25) is 0 Å². The fraction of sp³-hybridized carbons (Fsp3) is 0.167. The van der Waals surface area contributed by atoms with Gasteiger partial charge >= 0.3 is 5.97 Å². The Hall–Kier alpha value is -1.85. The lowest BCUT2D eigenvalue weighted by Crippen LogP contribution is -2.05. The number of rotatable bonds is 6. The van der Waals surface area contributed by atoms with Crippen LogP contribution in [-0.4, -0.2) is 25.6 Å². The van der Waals surface area contributed by atoms with E-state index in [0.29, 0.717) is 11.3 Å². The fourth-order valence-electron chi connectivity index (χ4n) is 1.96. The number of thioether (sulfide) groups is 2. The normalized spacial score (nSPS) is 10.0. The summed E-state index contributed by atoms with van der Waals surface area (Å²) in [6, 6.07) is 16.5. The zero-order chi connectivity index (χ0) is 16.7. The highest BCUT2D eigenvalue weighted by Gasteiger charge is 2.16. The first-order chi connectivity index (χ1) is 11.2. The Kier molecular flexibility index (Phi) is 6.62. The van der Waals surface area contributed by atoms with Crippen molar-refractivity contribution < 1.29 is 14.3 Å². The summed E-state index contributed by atoms with van der Waals surface area (Å²) in [4.78, 5) is 12.4. The summed E-state index contributed by atoms with van der Waals surface area (Å²) in [6.45, 7) is 0. The average Bonchev–Trinajstić information content (AvgIpc) is 2.62. The van der Waals surface area contributed by atoms with Gasteiger partial charge in [-0.05, 0) is 48.9 Å². The Morgan fingerprint density at radius 2 is 1.48 bits per heavy atom. The third-order valence-electron chi connectivity index (χ3n) is 3.11. The van der Waals surface area contributed by atoms with Crippen molar-refractivity contribution in [1.82, 2.24) is 0 Å². The van der Waals surface area contributed by atoms with E-state index >= 15 is 0 Å². The van der Waals surface area contributed by atoms with Crippen molar-refractivity contribution in [2.45, 2.75) is 0 Å². The zero-order valence-corrected chi connectivity index (χ0v) is 14.9. The second-order valence-electron chi connectivity index (χ2n) is 4.51. The highest BCUT2D eigenvalue weighted by atomic mass is 32.2. The van der Waals surface area contributed by atoms with Crippen LogP contribution in [0.2, 0.25) is 0 Å². The van der Waals surface area contributed by atoms with Gasteiger partial charge in [0.1, 0.15) is 5.75 Å².